The molecule has 1 aliphatic carbocycles. The summed E-state index contributed by atoms with van der Waals surface area (Å²) in [6.07, 6.45) is -2.21. The molecule has 1 aliphatic heterocycles. The van der Waals surface area contributed by atoms with E-state index in [1.165, 1.54) is 16.2 Å². The van der Waals surface area contributed by atoms with Gasteiger partial charge in [0.2, 0.25) is 5.91 Å². The van der Waals surface area contributed by atoms with E-state index < -0.39 is 18.0 Å². The summed E-state index contributed by atoms with van der Waals surface area (Å²) < 4.78 is 39.1. The van der Waals surface area contributed by atoms with E-state index in [1.54, 1.807) is 6.92 Å². The largest absolute Gasteiger partial charge is 0.393 e. The highest BCUT2D eigenvalue weighted by atomic mass is 32.1. The molecule has 2 aliphatic rings. The molecule has 1 saturated carbocycles. The molecule has 3 rings (SSSR count). The molecule has 0 unspecified atom stereocenters. The molecule has 1 aromatic rings. The topological polar surface area (TPSA) is 49.4 Å². The predicted molar refractivity (Wildman–Crippen MR) is 89.8 cm³/mol. The van der Waals surface area contributed by atoms with Crippen LogP contribution in [-0.2, 0) is 4.79 Å². The van der Waals surface area contributed by atoms with Crippen LogP contribution in [0.2, 0.25) is 0 Å². The Morgan fingerprint density at radius 2 is 1.88 bits per heavy atom. The van der Waals surface area contributed by atoms with Gasteiger partial charge in [0, 0.05) is 23.9 Å². The van der Waals surface area contributed by atoms with Crippen LogP contribution in [0.15, 0.2) is 0 Å². The first kappa shape index (κ1) is 18.2. The van der Waals surface area contributed by atoms with Gasteiger partial charge in [-0.3, -0.25) is 9.59 Å². The predicted octanol–water partition coefficient (Wildman–Crippen LogP) is 4.13. The molecule has 4 nitrogen and oxygen atoms in total. The molecule has 1 atom stereocenters. The van der Waals surface area contributed by atoms with Gasteiger partial charge < -0.3 is 10.2 Å². The second kappa shape index (κ2) is 6.63. The Bertz CT molecular complexity index is 695. The molecule has 0 spiro atoms. The molecule has 0 radical (unpaired) electrons. The van der Waals surface area contributed by atoms with E-state index >= 15 is 0 Å². The zero-order valence-corrected chi connectivity index (χ0v) is 15.0. The van der Waals surface area contributed by atoms with Gasteiger partial charge in [-0.25, -0.2) is 0 Å². The third kappa shape index (κ3) is 3.83. The van der Waals surface area contributed by atoms with Crippen molar-refractivity contribution in [2.24, 2.45) is 11.8 Å². The van der Waals surface area contributed by atoms with Crippen LogP contribution in [0.25, 0.3) is 0 Å². The number of hydrogen-bond donors (Lipinski definition) is 1. The number of anilines is 1. The second-order valence-corrected chi connectivity index (χ2v) is 8.11. The molecule has 25 heavy (non-hydrogen) atoms. The quantitative estimate of drug-likeness (QED) is 0.865. The van der Waals surface area contributed by atoms with Gasteiger partial charge in [-0.15, -0.1) is 11.3 Å². The first-order valence-corrected chi connectivity index (χ1v) is 9.27. The number of alkyl halides is 3. The first-order chi connectivity index (χ1) is 11.7. The summed E-state index contributed by atoms with van der Waals surface area (Å²) in [5.74, 6) is -2.01. The van der Waals surface area contributed by atoms with Crippen molar-refractivity contribution in [3.05, 3.63) is 16.0 Å². The van der Waals surface area contributed by atoms with Gasteiger partial charge in [0.1, 0.15) is 5.00 Å². The van der Waals surface area contributed by atoms with Gasteiger partial charge in [0.25, 0.3) is 5.91 Å². The number of amides is 2. The van der Waals surface area contributed by atoms with Crippen molar-refractivity contribution in [3.63, 3.8) is 0 Å². The molecule has 0 aromatic carbocycles. The summed E-state index contributed by atoms with van der Waals surface area (Å²) in [6.45, 7) is 3.62. The lowest BCUT2D eigenvalue weighted by molar-refractivity contribution is -0.184. The third-order valence-corrected chi connectivity index (χ3v) is 6.08. The van der Waals surface area contributed by atoms with E-state index in [1.807, 2.05) is 6.92 Å². The Hall–Kier alpha value is -1.57. The van der Waals surface area contributed by atoms with Crippen molar-refractivity contribution >= 4 is 28.2 Å². The average molecular weight is 374 g/mol. The zero-order valence-electron chi connectivity index (χ0n) is 14.2. The fourth-order valence-electron chi connectivity index (χ4n) is 3.12. The number of aryl methyl sites for hydroxylation is 1. The van der Waals surface area contributed by atoms with Crippen LogP contribution in [0.5, 0.6) is 0 Å². The van der Waals surface area contributed by atoms with E-state index in [2.05, 4.69) is 5.32 Å². The van der Waals surface area contributed by atoms with Crippen molar-refractivity contribution in [2.45, 2.75) is 45.7 Å². The van der Waals surface area contributed by atoms with E-state index in [-0.39, 0.29) is 24.8 Å². The maximum atomic E-state index is 13.0. The number of carbonyl (C=O) groups is 2. The van der Waals surface area contributed by atoms with Gasteiger partial charge in [-0.1, -0.05) is 0 Å². The van der Waals surface area contributed by atoms with Crippen LogP contribution in [0.3, 0.4) is 0 Å². The van der Waals surface area contributed by atoms with Crippen molar-refractivity contribution in [2.75, 3.05) is 18.4 Å². The highest BCUT2D eigenvalue weighted by molar-refractivity contribution is 7.16. The molecular formula is C17H21F3N2O2S. The maximum absolute atomic E-state index is 13.0. The number of carbonyl (C=O) groups excluding carboxylic acids is 2. The number of likely N-dealkylation sites (tertiary alicyclic amines) is 1. The second-order valence-electron chi connectivity index (χ2n) is 6.88. The summed E-state index contributed by atoms with van der Waals surface area (Å²) >= 11 is 1.31. The third-order valence-electron chi connectivity index (χ3n) is 4.96. The lowest BCUT2D eigenvalue weighted by atomic mass is 9.96. The van der Waals surface area contributed by atoms with E-state index in [4.69, 9.17) is 0 Å². The number of piperidine rings is 1. The zero-order chi connectivity index (χ0) is 18.4. The normalized spacial score (nSPS) is 21.3. The number of rotatable bonds is 3. The highest BCUT2D eigenvalue weighted by Gasteiger charge is 2.43. The molecule has 8 heteroatoms. The molecule has 0 bridgehead atoms. The van der Waals surface area contributed by atoms with E-state index in [9.17, 15) is 22.8 Å². The number of nitrogens with one attached hydrogen (secondary N) is 1. The van der Waals surface area contributed by atoms with Gasteiger partial charge >= 0.3 is 6.18 Å². The van der Waals surface area contributed by atoms with Gasteiger partial charge in [-0.05, 0) is 45.1 Å². The molecular weight excluding hydrogens is 353 g/mol. The molecule has 1 saturated heterocycles. The molecule has 1 N–H and O–H groups in total. The van der Waals surface area contributed by atoms with Crippen LogP contribution in [0, 0.1) is 25.7 Å². The Labute approximate surface area is 148 Å². The molecule has 2 heterocycles. The van der Waals surface area contributed by atoms with Crippen LogP contribution in [0.4, 0.5) is 18.2 Å². The summed E-state index contributed by atoms with van der Waals surface area (Å²) in [5, 5.41) is 3.27. The fraction of sp³-hybridized carbons (Fsp3) is 0.647. The number of nitrogens with zero attached hydrogens (tertiary/aromatic N) is 1. The number of halogens is 3. The molecule has 2 amide bonds. The smallest absolute Gasteiger partial charge is 0.338 e. The molecule has 1 aromatic heterocycles. The lowest BCUT2D eigenvalue weighted by Crippen LogP contribution is -2.44. The fourth-order valence-corrected chi connectivity index (χ4v) is 4.17. The minimum absolute atomic E-state index is 0.00439. The van der Waals surface area contributed by atoms with Gasteiger partial charge in [0.15, 0.2) is 0 Å². The lowest BCUT2D eigenvalue weighted by Gasteiger charge is -2.34. The maximum Gasteiger partial charge on any atom is 0.393 e. The minimum atomic E-state index is -4.29. The highest BCUT2D eigenvalue weighted by Crippen LogP contribution is 2.38. The van der Waals surface area contributed by atoms with Crippen molar-refractivity contribution < 1.29 is 22.8 Å². The average Bonchev–Trinajstić information content (AvgIpc) is 3.35. The Kier molecular flexibility index (Phi) is 4.83. The van der Waals surface area contributed by atoms with Crippen LogP contribution >= 0.6 is 11.3 Å². The number of hydrogen-bond acceptors (Lipinski definition) is 3. The summed E-state index contributed by atoms with van der Waals surface area (Å²) in [4.78, 5) is 27.1. The van der Waals surface area contributed by atoms with Crippen molar-refractivity contribution in [1.29, 1.82) is 0 Å². The van der Waals surface area contributed by atoms with Gasteiger partial charge in [-0.2, -0.15) is 13.2 Å². The summed E-state index contributed by atoms with van der Waals surface area (Å²) in [5.41, 5.74) is 1.08. The van der Waals surface area contributed by atoms with Gasteiger partial charge in [0.05, 0.1) is 11.5 Å². The Balaban J connectivity index is 1.82. The SMILES string of the molecule is Cc1sc(NC(=O)C2CC2)c(C(=O)N2CCC[C@H](C(F)(F)F)C2)c1C. The minimum Gasteiger partial charge on any atom is -0.338 e. The number of thiophene rings is 1. The Morgan fingerprint density at radius 3 is 2.48 bits per heavy atom. The van der Waals surface area contributed by atoms with Crippen molar-refractivity contribution in [1.82, 2.24) is 4.90 Å². The van der Waals surface area contributed by atoms with Crippen LogP contribution in [0.1, 0.15) is 46.5 Å². The molecule has 2 fully saturated rings. The van der Waals surface area contributed by atoms with E-state index in [0.717, 1.165) is 23.3 Å². The van der Waals surface area contributed by atoms with Crippen LogP contribution < -0.4 is 5.32 Å². The first-order valence-electron chi connectivity index (χ1n) is 8.45. The summed E-state index contributed by atoms with van der Waals surface area (Å²) in [7, 11) is 0. The summed E-state index contributed by atoms with van der Waals surface area (Å²) in [6, 6.07) is 0. The van der Waals surface area contributed by atoms with Crippen LogP contribution in [-0.4, -0.2) is 36.0 Å². The monoisotopic (exact) mass is 374 g/mol. The van der Waals surface area contributed by atoms with E-state index in [0.29, 0.717) is 23.5 Å². The Morgan fingerprint density at radius 1 is 1.20 bits per heavy atom. The molecule has 138 valence electrons. The standard InChI is InChI=1S/C17H21F3N2O2S/c1-9-10(2)25-15(21-14(23)11-5-6-11)13(9)16(24)22-7-3-4-12(8-22)17(18,19)20/h11-12H,3-8H2,1-2H3,(H,21,23)/t12-/m0/s1. The van der Waals surface area contributed by atoms with Crippen molar-refractivity contribution in [3.8, 4) is 0 Å².